The van der Waals surface area contributed by atoms with Crippen molar-refractivity contribution in [2.24, 2.45) is 0 Å². The lowest BCUT2D eigenvalue weighted by Crippen LogP contribution is -2.02. The third kappa shape index (κ3) is 4.12. The van der Waals surface area contributed by atoms with E-state index in [0.29, 0.717) is 17.6 Å². The Morgan fingerprint density at radius 3 is 2.37 bits per heavy atom. The van der Waals surface area contributed by atoms with E-state index in [4.69, 9.17) is 4.52 Å². The summed E-state index contributed by atoms with van der Waals surface area (Å²) in [4.78, 5) is 9.20. The summed E-state index contributed by atoms with van der Waals surface area (Å²) in [6.07, 6.45) is 0. The second kappa shape index (κ2) is 7.29. The van der Waals surface area contributed by atoms with E-state index in [9.17, 15) is 0 Å². The molecular formula is C21H19N5O. The van der Waals surface area contributed by atoms with Crippen molar-refractivity contribution >= 4 is 23.3 Å². The van der Waals surface area contributed by atoms with Crippen LogP contribution in [0, 0.1) is 13.8 Å². The highest BCUT2D eigenvalue weighted by atomic mass is 16.5. The molecule has 6 nitrogen and oxygen atoms in total. The third-order valence-corrected chi connectivity index (χ3v) is 3.95. The van der Waals surface area contributed by atoms with Crippen molar-refractivity contribution in [1.82, 2.24) is 15.1 Å². The second-order valence-electron chi connectivity index (χ2n) is 6.27. The quantitative estimate of drug-likeness (QED) is 0.509. The van der Waals surface area contributed by atoms with Crippen LogP contribution in [-0.2, 0) is 0 Å². The number of hydrogen-bond acceptors (Lipinski definition) is 6. The molecule has 0 saturated heterocycles. The van der Waals surface area contributed by atoms with E-state index in [2.05, 4.69) is 44.8 Å². The summed E-state index contributed by atoms with van der Waals surface area (Å²) in [6.45, 7) is 3.89. The summed E-state index contributed by atoms with van der Waals surface area (Å²) < 4.78 is 5.11. The molecule has 0 spiro atoms. The molecule has 0 atom stereocenters. The monoisotopic (exact) mass is 357 g/mol. The molecule has 4 aromatic rings. The van der Waals surface area contributed by atoms with Crippen LogP contribution in [0.2, 0.25) is 0 Å². The Kier molecular flexibility index (Phi) is 4.53. The predicted octanol–water partition coefficient (Wildman–Crippen LogP) is 5.24. The van der Waals surface area contributed by atoms with Gasteiger partial charge in [0.1, 0.15) is 11.6 Å². The molecule has 0 aliphatic carbocycles. The molecule has 27 heavy (non-hydrogen) atoms. The van der Waals surface area contributed by atoms with Crippen molar-refractivity contribution in [3.63, 3.8) is 0 Å². The molecule has 0 radical (unpaired) electrons. The maximum absolute atomic E-state index is 5.11. The first kappa shape index (κ1) is 16.8. The Morgan fingerprint density at radius 2 is 1.63 bits per heavy atom. The number of nitrogens with zero attached hydrogens (tertiary/aromatic N) is 3. The van der Waals surface area contributed by atoms with Gasteiger partial charge in [-0.3, -0.25) is 0 Å². The molecule has 2 aromatic heterocycles. The Bertz CT molecular complexity index is 1060. The first-order chi connectivity index (χ1) is 13.2. The molecule has 0 fully saturated rings. The van der Waals surface area contributed by atoms with Gasteiger partial charge in [0.05, 0.1) is 5.69 Å². The number of hydrogen-bond donors (Lipinski definition) is 2. The Morgan fingerprint density at radius 1 is 0.778 bits per heavy atom. The first-order valence-electron chi connectivity index (χ1n) is 8.64. The smallest absolute Gasteiger partial charge is 0.231 e. The summed E-state index contributed by atoms with van der Waals surface area (Å²) in [7, 11) is 0. The zero-order chi connectivity index (χ0) is 18.6. The van der Waals surface area contributed by atoms with E-state index in [0.717, 1.165) is 22.7 Å². The van der Waals surface area contributed by atoms with Crippen LogP contribution in [0.5, 0.6) is 0 Å². The van der Waals surface area contributed by atoms with E-state index in [-0.39, 0.29) is 0 Å². The maximum Gasteiger partial charge on any atom is 0.231 e. The van der Waals surface area contributed by atoms with Gasteiger partial charge in [-0.15, -0.1) is 0 Å². The van der Waals surface area contributed by atoms with Crippen molar-refractivity contribution in [2.45, 2.75) is 13.8 Å². The molecule has 0 aliphatic rings. The van der Waals surface area contributed by atoms with Gasteiger partial charge in [0.25, 0.3) is 0 Å². The van der Waals surface area contributed by atoms with Gasteiger partial charge in [-0.05, 0) is 31.5 Å². The minimum atomic E-state index is 0.444. The van der Waals surface area contributed by atoms with Gasteiger partial charge in [0, 0.05) is 23.4 Å². The Labute approximate surface area is 157 Å². The van der Waals surface area contributed by atoms with Crippen molar-refractivity contribution in [3.8, 4) is 11.3 Å². The lowest BCUT2D eigenvalue weighted by atomic mass is 10.1. The van der Waals surface area contributed by atoms with Crippen LogP contribution in [0.4, 0.5) is 23.3 Å². The number of anilines is 4. The number of aromatic nitrogens is 3. The van der Waals surface area contributed by atoms with Gasteiger partial charge >= 0.3 is 0 Å². The SMILES string of the molecule is Cc1cccc(Nc2cc(-c3ccccc3)nc(Nc3cc(C)on3)n2)c1. The van der Waals surface area contributed by atoms with Crippen LogP contribution < -0.4 is 10.6 Å². The number of benzene rings is 2. The number of nitrogens with one attached hydrogen (secondary N) is 2. The minimum absolute atomic E-state index is 0.444. The lowest BCUT2D eigenvalue weighted by molar-refractivity contribution is 0.400. The van der Waals surface area contributed by atoms with Crippen LogP contribution in [0.25, 0.3) is 11.3 Å². The Hall–Kier alpha value is -3.67. The van der Waals surface area contributed by atoms with Crippen molar-refractivity contribution in [2.75, 3.05) is 10.6 Å². The van der Waals surface area contributed by atoms with Gasteiger partial charge in [0.15, 0.2) is 5.82 Å². The highest BCUT2D eigenvalue weighted by Crippen LogP contribution is 2.25. The van der Waals surface area contributed by atoms with E-state index in [1.165, 1.54) is 5.56 Å². The maximum atomic E-state index is 5.11. The standard InChI is InChI=1S/C21H19N5O/c1-14-7-6-10-17(11-14)22-19-13-18(16-8-4-3-5-9-16)23-21(24-19)25-20-12-15(2)27-26-20/h3-13H,1-2H3,(H2,22,23,24,25,26). The molecule has 4 rings (SSSR count). The van der Waals surface area contributed by atoms with Crippen LogP contribution in [0.3, 0.4) is 0 Å². The molecule has 2 heterocycles. The second-order valence-corrected chi connectivity index (χ2v) is 6.27. The van der Waals surface area contributed by atoms with E-state index in [1.54, 1.807) is 6.07 Å². The van der Waals surface area contributed by atoms with E-state index in [1.807, 2.05) is 55.5 Å². The van der Waals surface area contributed by atoms with E-state index < -0.39 is 0 Å². The molecule has 134 valence electrons. The average Bonchev–Trinajstić information content (AvgIpc) is 3.07. The van der Waals surface area contributed by atoms with Gasteiger partial charge < -0.3 is 15.2 Å². The fourth-order valence-electron chi connectivity index (χ4n) is 2.73. The predicted molar refractivity (Wildman–Crippen MR) is 106 cm³/mol. The van der Waals surface area contributed by atoms with Gasteiger partial charge in [-0.25, -0.2) is 4.98 Å². The fraction of sp³-hybridized carbons (Fsp3) is 0.0952. The zero-order valence-corrected chi connectivity index (χ0v) is 15.1. The summed E-state index contributed by atoms with van der Waals surface area (Å²) >= 11 is 0. The van der Waals surface area contributed by atoms with Crippen molar-refractivity contribution < 1.29 is 4.52 Å². The molecule has 0 saturated carbocycles. The molecule has 2 aromatic carbocycles. The third-order valence-electron chi connectivity index (χ3n) is 3.95. The molecule has 0 aliphatic heterocycles. The molecule has 0 amide bonds. The number of aryl methyl sites for hydroxylation is 2. The molecule has 0 unspecified atom stereocenters. The minimum Gasteiger partial charge on any atom is -0.360 e. The fourth-order valence-corrected chi connectivity index (χ4v) is 2.73. The normalized spacial score (nSPS) is 10.6. The summed E-state index contributed by atoms with van der Waals surface area (Å²) in [5, 5.41) is 10.4. The molecule has 2 N–H and O–H groups in total. The molecule has 6 heteroatoms. The molecule has 0 bridgehead atoms. The van der Waals surface area contributed by atoms with Gasteiger partial charge in [0.2, 0.25) is 5.95 Å². The van der Waals surface area contributed by atoms with Crippen LogP contribution in [0.1, 0.15) is 11.3 Å². The highest BCUT2D eigenvalue weighted by molar-refractivity contribution is 5.68. The van der Waals surface area contributed by atoms with Crippen molar-refractivity contribution in [1.29, 1.82) is 0 Å². The Balaban J connectivity index is 1.71. The van der Waals surface area contributed by atoms with Gasteiger partial charge in [-0.1, -0.05) is 47.6 Å². The zero-order valence-electron chi connectivity index (χ0n) is 15.1. The van der Waals surface area contributed by atoms with E-state index >= 15 is 0 Å². The largest absolute Gasteiger partial charge is 0.360 e. The lowest BCUT2D eigenvalue weighted by Gasteiger charge is -2.11. The topological polar surface area (TPSA) is 75.9 Å². The average molecular weight is 357 g/mol. The van der Waals surface area contributed by atoms with Gasteiger partial charge in [-0.2, -0.15) is 4.98 Å². The summed E-state index contributed by atoms with van der Waals surface area (Å²) in [5.41, 5.74) is 3.96. The number of rotatable bonds is 5. The highest BCUT2D eigenvalue weighted by Gasteiger charge is 2.09. The van der Waals surface area contributed by atoms with Crippen LogP contribution in [-0.4, -0.2) is 15.1 Å². The van der Waals surface area contributed by atoms with Crippen LogP contribution in [0.15, 0.2) is 71.3 Å². The first-order valence-corrected chi connectivity index (χ1v) is 8.64. The summed E-state index contributed by atoms with van der Waals surface area (Å²) in [5.74, 6) is 2.42. The van der Waals surface area contributed by atoms with Crippen molar-refractivity contribution in [3.05, 3.63) is 78.1 Å². The summed E-state index contributed by atoms with van der Waals surface area (Å²) in [6, 6.07) is 21.8. The molecular weight excluding hydrogens is 338 g/mol. The van der Waals surface area contributed by atoms with Crippen LogP contribution >= 0.6 is 0 Å².